The van der Waals surface area contributed by atoms with Crippen LogP contribution in [0.25, 0.3) is 0 Å². The van der Waals surface area contributed by atoms with Crippen LogP contribution in [0.2, 0.25) is 5.02 Å². The first-order chi connectivity index (χ1) is 14.8. The van der Waals surface area contributed by atoms with Crippen molar-refractivity contribution in [2.45, 2.75) is 23.8 Å². The number of rotatable bonds is 7. The van der Waals surface area contributed by atoms with E-state index >= 15 is 0 Å². The van der Waals surface area contributed by atoms with Crippen molar-refractivity contribution < 1.29 is 22.7 Å². The van der Waals surface area contributed by atoms with Gasteiger partial charge in [-0.3, -0.25) is 4.79 Å². The van der Waals surface area contributed by atoms with E-state index in [1.807, 2.05) is 6.07 Å². The predicted octanol–water partition coefficient (Wildman–Crippen LogP) is 3.27. The number of hydrogen-bond donors (Lipinski definition) is 1. The number of amides is 1. The second-order valence-electron chi connectivity index (χ2n) is 6.70. The summed E-state index contributed by atoms with van der Waals surface area (Å²) >= 11 is 7.96. The molecule has 3 rings (SSSR count). The van der Waals surface area contributed by atoms with Crippen LogP contribution in [0.5, 0.6) is 11.5 Å². The van der Waals surface area contributed by atoms with Gasteiger partial charge in [0.05, 0.1) is 28.9 Å². The highest BCUT2D eigenvalue weighted by Crippen LogP contribution is 2.33. The Balaban J connectivity index is 1.73. The van der Waals surface area contributed by atoms with E-state index in [0.29, 0.717) is 34.9 Å². The lowest BCUT2D eigenvalue weighted by Crippen LogP contribution is -2.44. The molecule has 1 saturated heterocycles. The maximum atomic E-state index is 13.0. The van der Waals surface area contributed by atoms with Gasteiger partial charge in [0.15, 0.2) is 11.5 Å². The Kier molecular flexibility index (Phi) is 7.78. The van der Waals surface area contributed by atoms with E-state index in [0.717, 1.165) is 3.57 Å². The van der Waals surface area contributed by atoms with Crippen molar-refractivity contribution in [3.8, 4) is 11.5 Å². The number of carbonyl (C=O) groups is 1. The van der Waals surface area contributed by atoms with Gasteiger partial charge in [0.2, 0.25) is 10.0 Å². The summed E-state index contributed by atoms with van der Waals surface area (Å²) in [5, 5.41) is 4.43. The molecule has 8 nitrogen and oxygen atoms in total. The van der Waals surface area contributed by atoms with Crippen LogP contribution in [0.3, 0.4) is 0 Å². The minimum Gasteiger partial charge on any atom is -0.493 e. The smallest absolute Gasteiger partial charge is 0.258 e. The van der Waals surface area contributed by atoms with E-state index in [9.17, 15) is 13.2 Å². The van der Waals surface area contributed by atoms with Gasteiger partial charge in [0.25, 0.3) is 5.91 Å². The lowest BCUT2D eigenvalue weighted by Gasteiger charge is -2.22. The lowest BCUT2D eigenvalue weighted by atomic mass is 10.2. The molecule has 11 heteroatoms. The van der Waals surface area contributed by atoms with Gasteiger partial charge >= 0.3 is 0 Å². The van der Waals surface area contributed by atoms with Gasteiger partial charge in [0, 0.05) is 11.6 Å². The molecule has 0 aliphatic carbocycles. The molecule has 166 valence electrons. The van der Waals surface area contributed by atoms with Crippen molar-refractivity contribution in [1.82, 2.24) is 9.73 Å². The van der Waals surface area contributed by atoms with Crippen molar-refractivity contribution in [3.05, 3.63) is 50.6 Å². The highest BCUT2D eigenvalue weighted by Gasteiger charge is 2.39. The van der Waals surface area contributed by atoms with E-state index in [1.165, 1.54) is 41.9 Å². The second-order valence-corrected chi connectivity index (χ2v) is 10.2. The maximum Gasteiger partial charge on any atom is 0.258 e. The van der Waals surface area contributed by atoms with Gasteiger partial charge in [-0.25, -0.2) is 13.8 Å². The van der Waals surface area contributed by atoms with Crippen LogP contribution in [-0.4, -0.2) is 51.7 Å². The van der Waals surface area contributed by atoms with Crippen LogP contribution in [-0.2, 0) is 14.8 Å². The fourth-order valence-corrected chi connectivity index (χ4v) is 5.92. The molecule has 0 aromatic heterocycles. The molecule has 1 aliphatic rings. The normalized spacial score (nSPS) is 17.1. The Morgan fingerprint density at radius 2 is 1.97 bits per heavy atom. The van der Waals surface area contributed by atoms with Crippen molar-refractivity contribution in [2.75, 3.05) is 20.8 Å². The maximum absolute atomic E-state index is 13.0. The lowest BCUT2D eigenvalue weighted by molar-refractivity contribution is -0.124. The van der Waals surface area contributed by atoms with Crippen molar-refractivity contribution >= 4 is 56.3 Å². The molecule has 1 heterocycles. The zero-order valence-electron chi connectivity index (χ0n) is 16.8. The van der Waals surface area contributed by atoms with E-state index < -0.39 is 22.0 Å². The molecule has 1 atom stereocenters. The van der Waals surface area contributed by atoms with Crippen LogP contribution in [0, 0.1) is 3.57 Å². The summed E-state index contributed by atoms with van der Waals surface area (Å²) in [5.41, 5.74) is 3.14. The molecule has 2 aromatic carbocycles. The summed E-state index contributed by atoms with van der Waals surface area (Å²) in [6, 6.07) is 8.60. The molecule has 1 aliphatic heterocycles. The monoisotopic (exact) mass is 577 g/mol. The largest absolute Gasteiger partial charge is 0.493 e. The molecule has 0 radical (unpaired) electrons. The summed E-state index contributed by atoms with van der Waals surface area (Å²) in [7, 11) is -0.729. The third kappa shape index (κ3) is 5.30. The van der Waals surface area contributed by atoms with Gasteiger partial charge in [-0.1, -0.05) is 11.6 Å². The SMILES string of the molecule is COc1cc(/C=N\NC(=O)[C@H]2CCCN2S(=O)(=O)c2ccc(Cl)cc2)cc(I)c1OC. The fourth-order valence-electron chi connectivity index (χ4n) is 3.29. The van der Waals surface area contributed by atoms with Crippen LogP contribution >= 0.6 is 34.2 Å². The molecule has 2 aromatic rings. The number of methoxy groups -OCH3 is 2. The van der Waals surface area contributed by atoms with Gasteiger partial charge in [0.1, 0.15) is 6.04 Å². The number of hydrogen-bond acceptors (Lipinski definition) is 6. The quantitative estimate of drug-likeness (QED) is 0.310. The van der Waals surface area contributed by atoms with Gasteiger partial charge in [-0.2, -0.15) is 9.41 Å². The Hall–Kier alpha value is -1.89. The molecule has 0 unspecified atom stereocenters. The van der Waals surface area contributed by atoms with Crippen molar-refractivity contribution in [1.29, 1.82) is 0 Å². The molecular formula is C20H21ClIN3O5S. The van der Waals surface area contributed by atoms with Crippen LogP contribution in [0.1, 0.15) is 18.4 Å². The Bertz CT molecular complexity index is 1090. The molecule has 31 heavy (non-hydrogen) atoms. The summed E-state index contributed by atoms with van der Waals surface area (Å²) in [6.07, 6.45) is 2.47. The zero-order valence-corrected chi connectivity index (χ0v) is 20.6. The predicted molar refractivity (Wildman–Crippen MR) is 126 cm³/mol. The average molecular weight is 578 g/mol. The Morgan fingerprint density at radius 3 is 2.61 bits per heavy atom. The van der Waals surface area contributed by atoms with Crippen LogP contribution in [0.15, 0.2) is 46.4 Å². The second kappa shape index (κ2) is 10.2. The number of carbonyl (C=O) groups excluding carboxylic acids is 1. The van der Waals surface area contributed by atoms with Crippen LogP contribution in [0.4, 0.5) is 0 Å². The third-order valence-corrected chi connectivity index (χ3v) is 7.75. The number of benzene rings is 2. The fraction of sp³-hybridized carbons (Fsp3) is 0.300. The van der Waals surface area contributed by atoms with Crippen LogP contribution < -0.4 is 14.9 Å². The highest BCUT2D eigenvalue weighted by molar-refractivity contribution is 14.1. The average Bonchev–Trinajstić information content (AvgIpc) is 3.24. The molecule has 1 fully saturated rings. The van der Waals surface area contributed by atoms with E-state index in [-0.39, 0.29) is 11.4 Å². The Labute approximate surface area is 199 Å². The highest BCUT2D eigenvalue weighted by atomic mass is 127. The summed E-state index contributed by atoms with van der Waals surface area (Å²) in [6.45, 7) is 0.265. The topological polar surface area (TPSA) is 97.3 Å². The number of nitrogens with zero attached hydrogens (tertiary/aromatic N) is 2. The van der Waals surface area contributed by atoms with Gasteiger partial charge in [-0.15, -0.1) is 0 Å². The first-order valence-corrected chi connectivity index (χ1v) is 12.2. The molecule has 0 spiro atoms. The first-order valence-electron chi connectivity index (χ1n) is 9.29. The first kappa shape index (κ1) is 23.8. The molecule has 0 bridgehead atoms. The minimum atomic E-state index is -3.82. The van der Waals surface area contributed by atoms with Gasteiger partial charge < -0.3 is 9.47 Å². The number of sulfonamides is 1. The summed E-state index contributed by atoms with van der Waals surface area (Å²) in [5.74, 6) is 0.665. The molecule has 1 N–H and O–H groups in total. The number of nitrogens with one attached hydrogen (secondary N) is 1. The standard InChI is InChI=1S/C20H21ClIN3O5S/c1-29-18-11-13(10-16(22)19(18)30-2)12-23-24-20(26)17-4-3-9-25(17)31(27,28)15-7-5-14(21)6-8-15/h5-8,10-12,17H,3-4,9H2,1-2H3,(H,24,26)/b23-12-/t17-/m1/s1. The number of ether oxygens (including phenoxy) is 2. The molecule has 1 amide bonds. The van der Waals surface area contributed by atoms with E-state index in [1.54, 1.807) is 13.2 Å². The Morgan fingerprint density at radius 1 is 1.26 bits per heavy atom. The van der Waals surface area contributed by atoms with Crippen molar-refractivity contribution in [3.63, 3.8) is 0 Å². The summed E-state index contributed by atoms with van der Waals surface area (Å²) in [4.78, 5) is 12.8. The minimum absolute atomic E-state index is 0.0972. The zero-order chi connectivity index (χ0) is 22.6. The molecular weight excluding hydrogens is 557 g/mol. The van der Waals surface area contributed by atoms with Crippen molar-refractivity contribution in [2.24, 2.45) is 5.10 Å². The number of hydrazone groups is 1. The van der Waals surface area contributed by atoms with E-state index in [4.69, 9.17) is 21.1 Å². The summed E-state index contributed by atoms with van der Waals surface area (Å²) < 4.78 is 38.6. The third-order valence-electron chi connectivity index (χ3n) is 4.77. The molecule has 0 saturated carbocycles. The van der Waals surface area contributed by atoms with E-state index in [2.05, 4.69) is 33.1 Å². The van der Waals surface area contributed by atoms with Gasteiger partial charge in [-0.05, 0) is 77.4 Å². The number of halogens is 2.